The predicted octanol–water partition coefficient (Wildman–Crippen LogP) is 1.89. The van der Waals surface area contributed by atoms with E-state index >= 15 is 0 Å². The van der Waals surface area contributed by atoms with E-state index in [9.17, 15) is 0 Å². The van der Waals surface area contributed by atoms with Crippen LogP contribution < -0.4 is 10.5 Å². The molecule has 2 atom stereocenters. The quantitative estimate of drug-likeness (QED) is 0.846. The normalized spacial score (nSPS) is 25.4. The fraction of sp³-hybridized carbons (Fsp3) is 0.667. The Hall–Kier alpha value is -1.16. The third-order valence-electron chi connectivity index (χ3n) is 3.19. The first-order valence-electron chi connectivity index (χ1n) is 5.98. The van der Waals surface area contributed by atoms with Gasteiger partial charge in [-0.05, 0) is 31.2 Å². The van der Waals surface area contributed by atoms with Crippen molar-refractivity contribution in [3.63, 3.8) is 0 Å². The molecule has 2 unspecified atom stereocenters. The van der Waals surface area contributed by atoms with Gasteiger partial charge in [-0.1, -0.05) is 13.3 Å². The van der Waals surface area contributed by atoms with E-state index in [2.05, 4.69) is 16.9 Å². The molecular formula is C12H19N3O. The van der Waals surface area contributed by atoms with Crippen LogP contribution in [0.25, 0.3) is 0 Å². The van der Waals surface area contributed by atoms with E-state index in [-0.39, 0.29) is 6.10 Å². The van der Waals surface area contributed by atoms with Gasteiger partial charge in [-0.15, -0.1) is 0 Å². The first-order chi connectivity index (χ1) is 7.79. The van der Waals surface area contributed by atoms with Crippen LogP contribution in [0.3, 0.4) is 0 Å². The molecule has 0 aliphatic heterocycles. The SMILES string of the molecule is CC1CCCCC1Oc1nccc(CN)n1. The van der Waals surface area contributed by atoms with Crippen LogP contribution in [0.2, 0.25) is 0 Å². The van der Waals surface area contributed by atoms with Crippen molar-refractivity contribution in [2.75, 3.05) is 0 Å². The molecule has 1 fully saturated rings. The number of aromatic nitrogens is 2. The average Bonchev–Trinajstić information content (AvgIpc) is 2.32. The number of ether oxygens (including phenoxy) is 1. The summed E-state index contributed by atoms with van der Waals surface area (Å²) in [6.07, 6.45) is 6.87. The maximum absolute atomic E-state index is 5.83. The van der Waals surface area contributed by atoms with Crippen molar-refractivity contribution in [3.05, 3.63) is 18.0 Å². The van der Waals surface area contributed by atoms with Gasteiger partial charge in [-0.2, -0.15) is 4.98 Å². The summed E-state index contributed by atoms with van der Waals surface area (Å²) in [6.45, 7) is 2.66. The lowest BCUT2D eigenvalue weighted by molar-refractivity contribution is 0.0920. The highest BCUT2D eigenvalue weighted by Crippen LogP contribution is 2.26. The summed E-state index contributed by atoms with van der Waals surface area (Å²) >= 11 is 0. The van der Waals surface area contributed by atoms with Crippen molar-refractivity contribution in [3.8, 4) is 6.01 Å². The van der Waals surface area contributed by atoms with Crippen LogP contribution in [0.5, 0.6) is 6.01 Å². The lowest BCUT2D eigenvalue weighted by atomic mass is 9.88. The number of nitrogens with two attached hydrogens (primary N) is 1. The molecule has 2 N–H and O–H groups in total. The lowest BCUT2D eigenvalue weighted by Gasteiger charge is -2.28. The van der Waals surface area contributed by atoms with Crippen LogP contribution in [0.1, 0.15) is 38.3 Å². The summed E-state index contributed by atoms with van der Waals surface area (Å²) in [5, 5.41) is 0. The minimum absolute atomic E-state index is 0.266. The highest BCUT2D eigenvalue weighted by molar-refractivity contribution is 5.05. The fourth-order valence-corrected chi connectivity index (χ4v) is 2.14. The largest absolute Gasteiger partial charge is 0.460 e. The molecule has 1 aliphatic carbocycles. The molecule has 0 aromatic carbocycles. The summed E-state index contributed by atoms with van der Waals surface area (Å²) in [6, 6.07) is 2.29. The third-order valence-corrected chi connectivity index (χ3v) is 3.19. The minimum Gasteiger partial charge on any atom is -0.460 e. The molecule has 4 nitrogen and oxygen atoms in total. The van der Waals surface area contributed by atoms with E-state index in [1.54, 1.807) is 6.20 Å². The van der Waals surface area contributed by atoms with Gasteiger partial charge in [0.1, 0.15) is 6.10 Å². The molecule has 1 aliphatic rings. The highest BCUT2D eigenvalue weighted by atomic mass is 16.5. The van der Waals surface area contributed by atoms with E-state index in [4.69, 9.17) is 10.5 Å². The van der Waals surface area contributed by atoms with Crippen LogP contribution >= 0.6 is 0 Å². The van der Waals surface area contributed by atoms with Gasteiger partial charge in [0.2, 0.25) is 0 Å². The van der Waals surface area contributed by atoms with E-state index < -0.39 is 0 Å². The van der Waals surface area contributed by atoms with Crippen molar-refractivity contribution in [2.45, 2.75) is 45.3 Å². The van der Waals surface area contributed by atoms with Gasteiger partial charge in [-0.25, -0.2) is 4.98 Å². The molecule has 1 aromatic rings. The molecule has 0 radical (unpaired) electrons. The van der Waals surface area contributed by atoms with Crippen molar-refractivity contribution in [1.29, 1.82) is 0 Å². The first kappa shape index (κ1) is 11.3. The number of rotatable bonds is 3. The van der Waals surface area contributed by atoms with Gasteiger partial charge in [0.05, 0.1) is 5.69 Å². The monoisotopic (exact) mass is 221 g/mol. The summed E-state index contributed by atoms with van der Waals surface area (Å²) in [5.74, 6) is 0.596. The Labute approximate surface area is 96.2 Å². The molecule has 2 rings (SSSR count). The minimum atomic E-state index is 0.266. The van der Waals surface area contributed by atoms with Crippen molar-refractivity contribution >= 4 is 0 Å². The number of hydrogen-bond acceptors (Lipinski definition) is 4. The van der Waals surface area contributed by atoms with E-state index in [1.165, 1.54) is 19.3 Å². The molecule has 1 aromatic heterocycles. The van der Waals surface area contributed by atoms with Crippen molar-refractivity contribution < 1.29 is 4.74 Å². The fourth-order valence-electron chi connectivity index (χ4n) is 2.14. The van der Waals surface area contributed by atoms with Gasteiger partial charge in [0, 0.05) is 12.7 Å². The van der Waals surface area contributed by atoms with Gasteiger partial charge in [0.15, 0.2) is 0 Å². The van der Waals surface area contributed by atoms with Gasteiger partial charge in [-0.3, -0.25) is 0 Å². The van der Waals surface area contributed by atoms with Gasteiger partial charge >= 0.3 is 6.01 Å². The Kier molecular flexibility index (Phi) is 3.72. The first-order valence-corrected chi connectivity index (χ1v) is 5.98. The van der Waals surface area contributed by atoms with E-state index in [1.807, 2.05) is 6.07 Å². The standard InChI is InChI=1S/C12H19N3O/c1-9-4-2-3-5-11(9)16-12-14-7-6-10(8-13)15-12/h6-7,9,11H,2-5,8,13H2,1H3. The van der Waals surface area contributed by atoms with E-state index in [0.717, 1.165) is 12.1 Å². The zero-order chi connectivity index (χ0) is 11.4. The smallest absolute Gasteiger partial charge is 0.316 e. The molecule has 1 heterocycles. The molecule has 0 spiro atoms. The third kappa shape index (κ3) is 2.70. The van der Waals surface area contributed by atoms with Crippen molar-refractivity contribution in [2.24, 2.45) is 11.7 Å². The topological polar surface area (TPSA) is 61.0 Å². The molecule has 1 saturated carbocycles. The second kappa shape index (κ2) is 5.25. The zero-order valence-corrected chi connectivity index (χ0v) is 9.72. The highest BCUT2D eigenvalue weighted by Gasteiger charge is 2.23. The van der Waals surface area contributed by atoms with Crippen molar-refractivity contribution in [1.82, 2.24) is 9.97 Å². The van der Waals surface area contributed by atoms with Crippen LogP contribution in [0.4, 0.5) is 0 Å². The summed E-state index contributed by atoms with van der Waals surface area (Å²) < 4.78 is 5.83. The van der Waals surface area contributed by atoms with Gasteiger partial charge < -0.3 is 10.5 Å². The maximum atomic E-state index is 5.83. The Morgan fingerprint density at radius 3 is 3.00 bits per heavy atom. The molecule has 16 heavy (non-hydrogen) atoms. The van der Waals surface area contributed by atoms with Crippen LogP contribution in [0, 0.1) is 5.92 Å². The Balaban J connectivity index is 2.01. The second-order valence-electron chi connectivity index (χ2n) is 4.45. The molecule has 0 bridgehead atoms. The summed E-state index contributed by atoms with van der Waals surface area (Å²) in [7, 11) is 0. The lowest BCUT2D eigenvalue weighted by Crippen LogP contribution is -2.29. The molecule has 0 saturated heterocycles. The Morgan fingerprint density at radius 2 is 2.25 bits per heavy atom. The molecular weight excluding hydrogens is 202 g/mol. The Bertz CT molecular complexity index is 343. The average molecular weight is 221 g/mol. The van der Waals surface area contributed by atoms with Gasteiger partial charge in [0.25, 0.3) is 0 Å². The maximum Gasteiger partial charge on any atom is 0.316 e. The zero-order valence-electron chi connectivity index (χ0n) is 9.72. The summed E-state index contributed by atoms with van der Waals surface area (Å²) in [5.41, 5.74) is 6.36. The summed E-state index contributed by atoms with van der Waals surface area (Å²) in [4.78, 5) is 8.39. The number of nitrogens with zero attached hydrogens (tertiary/aromatic N) is 2. The van der Waals surface area contributed by atoms with Crippen LogP contribution in [-0.4, -0.2) is 16.1 Å². The molecule has 4 heteroatoms. The van der Waals surface area contributed by atoms with Crippen LogP contribution in [-0.2, 0) is 6.54 Å². The van der Waals surface area contributed by atoms with E-state index in [0.29, 0.717) is 18.5 Å². The Morgan fingerprint density at radius 1 is 1.44 bits per heavy atom. The molecule has 88 valence electrons. The number of hydrogen-bond donors (Lipinski definition) is 1. The van der Waals surface area contributed by atoms with Crippen LogP contribution in [0.15, 0.2) is 12.3 Å². The second-order valence-corrected chi connectivity index (χ2v) is 4.45. The predicted molar refractivity (Wildman–Crippen MR) is 62.0 cm³/mol. The molecule has 0 amide bonds.